The Morgan fingerprint density at radius 2 is 2.40 bits per heavy atom. The topological polar surface area (TPSA) is 29.3 Å². The summed E-state index contributed by atoms with van der Waals surface area (Å²) in [5, 5.41) is 4.35. The van der Waals surface area contributed by atoms with Gasteiger partial charge in [-0.1, -0.05) is 12.2 Å². The van der Waals surface area contributed by atoms with E-state index in [0.29, 0.717) is 4.99 Å². The van der Waals surface area contributed by atoms with Gasteiger partial charge in [-0.15, -0.1) is 0 Å². The molecule has 0 aromatic carbocycles. The van der Waals surface area contributed by atoms with Crippen molar-refractivity contribution in [3.63, 3.8) is 0 Å². The summed E-state index contributed by atoms with van der Waals surface area (Å²) in [5.74, 6) is 0. The summed E-state index contributed by atoms with van der Waals surface area (Å²) in [6.07, 6.45) is 3.51. The molecule has 1 heterocycles. The van der Waals surface area contributed by atoms with Crippen molar-refractivity contribution >= 4 is 28.5 Å². The van der Waals surface area contributed by atoms with E-state index in [1.54, 1.807) is 11.3 Å². The summed E-state index contributed by atoms with van der Waals surface area (Å²) in [5.41, 5.74) is 6.95. The molecule has 0 radical (unpaired) electrons. The summed E-state index contributed by atoms with van der Waals surface area (Å²) in [4.78, 5) is 3.13. The average Bonchev–Trinajstić information content (AvgIpc) is 2.91. The molecule has 1 aromatic rings. The van der Waals surface area contributed by atoms with Crippen LogP contribution in [0, 0.1) is 0 Å². The molecule has 0 spiro atoms. The number of thiophene rings is 1. The molecule has 2 N–H and O–H groups in total. The highest BCUT2D eigenvalue weighted by atomic mass is 32.1. The van der Waals surface area contributed by atoms with Crippen LogP contribution in [0.25, 0.3) is 0 Å². The van der Waals surface area contributed by atoms with E-state index in [-0.39, 0.29) is 0 Å². The van der Waals surface area contributed by atoms with Crippen molar-refractivity contribution in [2.75, 3.05) is 6.54 Å². The predicted molar refractivity (Wildman–Crippen MR) is 69.2 cm³/mol. The molecule has 0 atom stereocenters. The third-order valence-electron chi connectivity index (χ3n) is 2.67. The normalized spacial score (nSPS) is 15.8. The minimum absolute atomic E-state index is 0.631. The number of rotatable bonds is 6. The van der Waals surface area contributed by atoms with Crippen LogP contribution in [0.3, 0.4) is 0 Å². The molecule has 1 saturated carbocycles. The minimum atomic E-state index is 0.631. The smallest absolute Gasteiger partial charge is 0.0740 e. The van der Waals surface area contributed by atoms with Crippen LogP contribution in [0.5, 0.6) is 0 Å². The molecule has 1 aliphatic rings. The van der Waals surface area contributed by atoms with Crippen LogP contribution < -0.4 is 5.73 Å². The van der Waals surface area contributed by atoms with Gasteiger partial charge in [-0.25, -0.2) is 0 Å². The molecule has 15 heavy (non-hydrogen) atoms. The second kappa shape index (κ2) is 5.05. The molecule has 0 bridgehead atoms. The van der Waals surface area contributed by atoms with Crippen molar-refractivity contribution in [1.82, 2.24) is 4.90 Å². The van der Waals surface area contributed by atoms with Crippen molar-refractivity contribution in [3.05, 3.63) is 22.4 Å². The van der Waals surface area contributed by atoms with Gasteiger partial charge >= 0.3 is 0 Å². The van der Waals surface area contributed by atoms with Gasteiger partial charge in [0.15, 0.2) is 0 Å². The van der Waals surface area contributed by atoms with Crippen molar-refractivity contribution in [1.29, 1.82) is 0 Å². The fourth-order valence-electron chi connectivity index (χ4n) is 1.70. The molecule has 0 saturated heterocycles. The van der Waals surface area contributed by atoms with Gasteiger partial charge in [-0.3, -0.25) is 4.90 Å². The summed E-state index contributed by atoms with van der Waals surface area (Å²) >= 11 is 6.68. The van der Waals surface area contributed by atoms with Gasteiger partial charge in [0, 0.05) is 25.6 Å². The standard InChI is InChI=1S/C11H16N2S2/c12-11(14)3-5-13(10-1-2-10)7-9-4-6-15-8-9/h4,6,8,10H,1-3,5,7H2,(H2,12,14). The third kappa shape index (κ3) is 3.55. The first-order valence-corrected chi connectivity index (χ1v) is 6.64. The molecule has 0 unspecified atom stereocenters. The maximum atomic E-state index is 5.54. The van der Waals surface area contributed by atoms with Crippen LogP contribution in [0.1, 0.15) is 24.8 Å². The van der Waals surface area contributed by atoms with E-state index in [1.807, 2.05) is 0 Å². The minimum Gasteiger partial charge on any atom is -0.393 e. The monoisotopic (exact) mass is 240 g/mol. The zero-order chi connectivity index (χ0) is 10.7. The summed E-state index contributed by atoms with van der Waals surface area (Å²) < 4.78 is 0. The van der Waals surface area contributed by atoms with Gasteiger partial charge < -0.3 is 5.73 Å². The molecule has 2 nitrogen and oxygen atoms in total. The zero-order valence-corrected chi connectivity index (χ0v) is 10.3. The Morgan fingerprint density at radius 1 is 1.60 bits per heavy atom. The molecule has 2 rings (SSSR count). The number of nitrogens with two attached hydrogens (primary N) is 1. The summed E-state index contributed by atoms with van der Waals surface area (Å²) in [6, 6.07) is 2.97. The molecule has 1 aliphatic carbocycles. The zero-order valence-electron chi connectivity index (χ0n) is 8.69. The Balaban J connectivity index is 1.86. The maximum Gasteiger partial charge on any atom is 0.0740 e. The van der Waals surface area contributed by atoms with Gasteiger partial charge in [0.05, 0.1) is 4.99 Å². The molecule has 0 amide bonds. The second-order valence-corrected chi connectivity index (χ2v) is 5.35. The number of hydrogen-bond acceptors (Lipinski definition) is 3. The lowest BCUT2D eigenvalue weighted by atomic mass is 10.3. The maximum absolute atomic E-state index is 5.54. The Morgan fingerprint density at radius 3 is 2.93 bits per heavy atom. The van der Waals surface area contributed by atoms with Gasteiger partial charge in [-0.05, 0) is 35.2 Å². The van der Waals surface area contributed by atoms with Crippen LogP contribution in [0.2, 0.25) is 0 Å². The molecular weight excluding hydrogens is 224 g/mol. The molecule has 1 fully saturated rings. The average molecular weight is 240 g/mol. The molecule has 1 aromatic heterocycles. The first-order chi connectivity index (χ1) is 7.25. The van der Waals surface area contributed by atoms with E-state index in [9.17, 15) is 0 Å². The van der Waals surface area contributed by atoms with Gasteiger partial charge in [0.2, 0.25) is 0 Å². The predicted octanol–water partition coefficient (Wildman–Crippen LogP) is 2.39. The summed E-state index contributed by atoms with van der Waals surface area (Å²) in [7, 11) is 0. The molecular formula is C11H16N2S2. The molecule has 0 aliphatic heterocycles. The van der Waals surface area contributed by atoms with E-state index in [2.05, 4.69) is 21.7 Å². The lowest BCUT2D eigenvalue weighted by molar-refractivity contribution is 0.263. The van der Waals surface area contributed by atoms with Crippen molar-refractivity contribution in [3.8, 4) is 0 Å². The van der Waals surface area contributed by atoms with Gasteiger partial charge in [0.1, 0.15) is 0 Å². The Kier molecular flexibility index (Phi) is 3.72. The van der Waals surface area contributed by atoms with Crippen LogP contribution in [-0.4, -0.2) is 22.5 Å². The Hall–Kier alpha value is -0.450. The number of thiocarbonyl (C=S) groups is 1. The van der Waals surface area contributed by atoms with E-state index < -0.39 is 0 Å². The SMILES string of the molecule is NC(=S)CCN(Cc1ccsc1)C1CC1. The molecule has 82 valence electrons. The van der Waals surface area contributed by atoms with Crippen molar-refractivity contribution < 1.29 is 0 Å². The third-order valence-corrected chi connectivity index (χ3v) is 3.61. The van der Waals surface area contributed by atoms with E-state index in [1.165, 1.54) is 18.4 Å². The lowest BCUT2D eigenvalue weighted by Crippen LogP contribution is -2.29. The highest BCUT2D eigenvalue weighted by Gasteiger charge is 2.28. The highest BCUT2D eigenvalue weighted by molar-refractivity contribution is 7.80. The van der Waals surface area contributed by atoms with Crippen LogP contribution in [0.4, 0.5) is 0 Å². The molecule has 4 heteroatoms. The highest BCUT2D eigenvalue weighted by Crippen LogP contribution is 2.28. The van der Waals surface area contributed by atoms with Crippen LogP contribution >= 0.6 is 23.6 Å². The van der Waals surface area contributed by atoms with E-state index in [4.69, 9.17) is 18.0 Å². The fraction of sp³-hybridized carbons (Fsp3) is 0.545. The summed E-state index contributed by atoms with van der Waals surface area (Å²) in [6.45, 7) is 2.06. The number of hydrogen-bond donors (Lipinski definition) is 1. The Bertz CT molecular complexity index is 317. The second-order valence-electron chi connectivity index (χ2n) is 4.05. The fourth-order valence-corrected chi connectivity index (χ4v) is 2.45. The van der Waals surface area contributed by atoms with Crippen molar-refractivity contribution in [2.24, 2.45) is 5.73 Å². The quantitative estimate of drug-likeness (QED) is 0.774. The largest absolute Gasteiger partial charge is 0.393 e. The lowest BCUT2D eigenvalue weighted by Gasteiger charge is -2.20. The van der Waals surface area contributed by atoms with Gasteiger partial charge in [-0.2, -0.15) is 11.3 Å². The number of nitrogens with zero attached hydrogens (tertiary/aromatic N) is 1. The van der Waals surface area contributed by atoms with Gasteiger partial charge in [0.25, 0.3) is 0 Å². The van der Waals surface area contributed by atoms with E-state index in [0.717, 1.165) is 25.6 Å². The van der Waals surface area contributed by atoms with Crippen LogP contribution in [0.15, 0.2) is 16.8 Å². The van der Waals surface area contributed by atoms with Crippen LogP contribution in [-0.2, 0) is 6.54 Å². The first-order valence-electron chi connectivity index (χ1n) is 5.29. The first kappa shape index (κ1) is 11.0. The van der Waals surface area contributed by atoms with Crippen molar-refractivity contribution in [2.45, 2.75) is 31.8 Å². The van der Waals surface area contributed by atoms with E-state index >= 15 is 0 Å². The Labute approximate surface area is 100 Å².